The van der Waals surface area contributed by atoms with Crippen LogP contribution in [-0.4, -0.2) is 22.3 Å². The summed E-state index contributed by atoms with van der Waals surface area (Å²) < 4.78 is 0. The van der Waals surface area contributed by atoms with E-state index in [2.05, 4.69) is 4.98 Å². The molecule has 4 nitrogen and oxygen atoms in total. The minimum Gasteiger partial charge on any atom is -0.399 e. The topological polar surface area (TPSA) is 59.2 Å². The van der Waals surface area contributed by atoms with E-state index < -0.39 is 0 Å². The maximum absolute atomic E-state index is 12.4. The molecule has 1 aliphatic heterocycles. The number of anilines is 1. The molecule has 2 N–H and O–H groups in total. The van der Waals surface area contributed by atoms with E-state index in [9.17, 15) is 4.79 Å². The van der Waals surface area contributed by atoms with Crippen molar-refractivity contribution in [3.63, 3.8) is 0 Å². The molecule has 0 unspecified atom stereocenters. The number of carbonyl (C=O) groups is 1. The molecule has 0 fully saturated rings. The predicted octanol–water partition coefficient (Wildman–Crippen LogP) is 1.86. The summed E-state index contributed by atoms with van der Waals surface area (Å²) in [6, 6.07) is 9.44. The lowest BCUT2D eigenvalue weighted by molar-refractivity contribution is 0.0727. The third-order valence-electron chi connectivity index (χ3n) is 3.40. The third-order valence-corrected chi connectivity index (χ3v) is 3.40. The fourth-order valence-corrected chi connectivity index (χ4v) is 2.40. The molecule has 0 spiro atoms. The molecule has 2 aromatic rings. The SMILES string of the molecule is Nc1ccc2c(c1)C(=O)N(Cc1cccnc1)CC2. The van der Waals surface area contributed by atoms with Crippen LogP contribution in [0.5, 0.6) is 0 Å². The standard InChI is InChI=1S/C15H15N3O/c16-13-4-3-12-5-7-18(15(19)14(12)8-13)10-11-2-1-6-17-9-11/h1-4,6,8-9H,5,7,10,16H2. The molecule has 1 aromatic heterocycles. The van der Waals surface area contributed by atoms with Crippen LogP contribution >= 0.6 is 0 Å². The van der Waals surface area contributed by atoms with Crippen molar-refractivity contribution in [2.45, 2.75) is 13.0 Å². The molecule has 19 heavy (non-hydrogen) atoms. The van der Waals surface area contributed by atoms with Gasteiger partial charge in [0.05, 0.1) is 0 Å². The van der Waals surface area contributed by atoms with Gasteiger partial charge in [-0.2, -0.15) is 0 Å². The van der Waals surface area contributed by atoms with Crippen molar-refractivity contribution in [3.05, 3.63) is 59.4 Å². The second kappa shape index (κ2) is 4.72. The number of amides is 1. The molecule has 1 aliphatic rings. The van der Waals surface area contributed by atoms with Crippen molar-refractivity contribution in [2.24, 2.45) is 0 Å². The first-order valence-corrected chi connectivity index (χ1v) is 6.30. The zero-order valence-corrected chi connectivity index (χ0v) is 10.5. The van der Waals surface area contributed by atoms with Gasteiger partial charge in [0.25, 0.3) is 5.91 Å². The van der Waals surface area contributed by atoms with Crippen molar-refractivity contribution >= 4 is 11.6 Å². The number of rotatable bonds is 2. The Balaban J connectivity index is 1.85. The van der Waals surface area contributed by atoms with Crippen LogP contribution in [0.4, 0.5) is 5.69 Å². The normalized spacial score (nSPS) is 14.3. The summed E-state index contributed by atoms with van der Waals surface area (Å²) in [6.07, 6.45) is 4.40. The Morgan fingerprint density at radius 1 is 1.32 bits per heavy atom. The molecule has 0 atom stereocenters. The highest BCUT2D eigenvalue weighted by molar-refractivity contribution is 5.97. The summed E-state index contributed by atoms with van der Waals surface area (Å²) >= 11 is 0. The van der Waals surface area contributed by atoms with Crippen LogP contribution in [-0.2, 0) is 13.0 Å². The molecule has 0 radical (unpaired) electrons. The van der Waals surface area contributed by atoms with Crippen LogP contribution in [0.2, 0.25) is 0 Å². The number of nitrogen functional groups attached to an aromatic ring is 1. The molecule has 0 saturated heterocycles. The number of benzene rings is 1. The van der Waals surface area contributed by atoms with Gasteiger partial charge >= 0.3 is 0 Å². The number of hydrogen-bond donors (Lipinski definition) is 1. The van der Waals surface area contributed by atoms with E-state index in [0.717, 1.165) is 29.7 Å². The van der Waals surface area contributed by atoms with Gasteiger partial charge in [-0.05, 0) is 35.7 Å². The number of carbonyl (C=O) groups excluding carboxylic acids is 1. The second-order valence-corrected chi connectivity index (χ2v) is 4.75. The Hall–Kier alpha value is -2.36. The molecule has 0 bridgehead atoms. The van der Waals surface area contributed by atoms with Crippen molar-refractivity contribution < 1.29 is 4.79 Å². The van der Waals surface area contributed by atoms with Gasteiger partial charge in [0, 0.05) is 36.7 Å². The highest BCUT2D eigenvalue weighted by atomic mass is 16.2. The molecule has 96 valence electrons. The van der Waals surface area contributed by atoms with Crippen LogP contribution in [0.3, 0.4) is 0 Å². The molecule has 1 amide bonds. The van der Waals surface area contributed by atoms with Gasteiger partial charge in [-0.3, -0.25) is 9.78 Å². The van der Waals surface area contributed by atoms with Crippen molar-refractivity contribution in [2.75, 3.05) is 12.3 Å². The predicted molar refractivity (Wildman–Crippen MR) is 73.5 cm³/mol. The van der Waals surface area contributed by atoms with Gasteiger partial charge in [-0.25, -0.2) is 0 Å². The van der Waals surface area contributed by atoms with Crippen LogP contribution in [0.25, 0.3) is 0 Å². The Bertz CT molecular complexity index is 610. The Morgan fingerprint density at radius 3 is 3.00 bits per heavy atom. The van der Waals surface area contributed by atoms with Gasteiger partial charge in [-0.15, -0.1) is 0 Å². The lowest BCUT2D eigenvalue weighted by Crippen LogP contribution is -2.37. The summed E-state index contributed by atoms with van der Waals surface area (Å²) in [5.74, 6) is 0.0532. The summed E-state index contributed by atoms with van der Waals surface area (Å²) in [5, 5.41) is 0. The average molecular weight is 253 g/mol. The smallest absolute Gasteiger partial charge is 0.254 e. The summed E-state index contributed by atoms with van der Waals surface area (Å²) in [7, 11) is 0. The van der Waals surface area contributed by atoms with E-state index in [0.29, 0.717) is 12.2 Å². The molecule has 2 heterocycles. The number of nitrogens with zero attached hydrogens (tertiary/aromatic N) is 2. The van der Waals surface area contributed by atoms with E-state index in [-0.39, 0.29) is 5.91 Å². The largest absolute Gasteiger partial charge is 0.399 e. The Labute approximate surface area is 111 Å². The fourth-order valence-electron chi connectivity index (χ4n) is 2.40. The maximum atomic E-state index is 12.4. The van der Waals surface area contributed by atoms with E-state index >= 15 is 0 Å². The third kappa shape index (κ3) is 2.29. The molecule has 0 saturated carbocycles. The summed E-state index contributed by atoms with van der Waals surface area (Å²) in [6.45, 7) is 1.34. The van der Waals surface area contributed by atoms with Gasteiger partial charge < -0.3 is 10.6 Å². The van der Waals surface area contributed by atoms with E-state index in [1.165, 1.54) is 0 Å². The minimum atomic E-state index is 0.0532. The first-order chi connectivity index (χ1) is 9.24. The van der Waals surface area contributed by atoms with Crippen molar-refractivity contribution in [3.8, 4) is 0 Å². The highest BCUT2D eigenvalue weighted by Crippen LogP contribution is 2.22. The summed E-state index contributed by atoms with van der Waals surface area (Å²) in [5.41, 5.74) is 9.26. The number of pyridine rings is 1. The van der Waals surface area contributed by atoms with Crippen molar-refractivity contribution in [1.29, 1.82) is 0 Å². The highest BCUT2D eigenvalue weighted by Gasteiger charge is 2.24. The van der Waals surface area contributed by atoms with E-state index in [4.69, 9.17) is 5.73 Å². The lowest BCUT2D eigenvalue weighted by atomic mass is 9.98. The zero-order chi connectivity index (χ0) is 13.2. The second-order valence-electron chi connectivity index (χ2n) is 4.75. The Morgan fingerprint density at radius 2 is 2.21 bits per heavy atom. The van der Waals surface area contributed by atoms with Crippen LogP contribution in [0.15, 0.2) is 42.7 Å². The van der Waals surface area contributed by atoms with Gasteiger partial charge in [-0.1, -0.05) is 12.1 Å². The van der Waals surface area contributed by atoms with Gasteiger partial charge in [0.15, 0.2) is 0 Å². The van der Waals surface area contributed by atoms with Crippen molar-refractivity contribution in [1.82, 2.24) is 9.88 Å². The molecule has 3 rings (SSSR count). The average Bonchev–Trinajstić information content (AvgIpc) is 2.44. The van der Waals surface area contributed by atoms with Gasteiger partial charge in [0.2, 0.25) is 0 Å². The molecule has 0 aliphatic carbocycles. The van der Waals surface area contributed by atoms with Crippen LogP contribution in [0, 0.1) is 0 Å². The van der Waals surface area contributed by atoms with Crippen LogP contribution < -0.4 is 5.73 Å². The number of fused-ring (bicyclic) bond motifs is 1. The van der Waals surface area contributed by atoms with Gasteiger partial charge in [0.1, 0.15) is 0 Å². The molecule has 4 heteroatoms. The number of aromatic nitrogens is 1. The fraction of sp³-hybridized carbons (Fsp3) is 0.200. The first kappa shape index (κ1) is 11.7. The Kier molecular flexibility index (Phi) is 2.91. The summed E-state index contributed by atoms with van der Waals surface area (Å²) in [4.78, 5) is 18.3. The van der Waals surface area contributed by atoms with E-state index in [1.54, 1.807) is 18.5 Å². The monoisotopic (exact) mass is 253 g/mol. The quantitative estimate of drug-likeness (QED) is 0.831. The minimum absolute atomic E-state index is 0.0532. The van der Waals surface area contributed by atoms with E-state index in [1.807, 2.05) is 29.2 Å². The number of nitrogens with two attached hydrogens (primary N) is 1. The van der Waals surface area contributed by atoms with Crippen LogP contribution in [0.1, 0.15) is 21.5 Å². The first-order valence-electron chi connectivity index (χ1n) is 6.30. The molecular weight excluding hydrogens is 238 g/mol. The lowest BCUT2D eigenvalue weighted by Gasteiger charge is -2.28. The zero-order valence-electron chi connectivity index (χ0n) is 10.5. The molecular formula is C15H15N3O. The maximum Gasteiger partial charge on any atom is 0.254 e. The number of hydrogen-bond acceptors (Lipinski definition) is 3. The molecule has 1 aromatic carbocycles.